The molecule has 3 heterocycles. The van der Waals surface area contributed by atoms with Crippen molar-refractivity contribution in [3.05, 3.63) is 164 Å². The highest BCUT2D eigenvalue weighted by atomic mass is 16.3. The lowest BCUT2D eigenvalue weighted by Crippen LogP contribution is -1.95. The molecular formula is C44H27N3O. The van der Waals surface area contributed by atoms with Crippen LogP contribution < -0.4 is 0 Å². The van der Waals surface area contributed by atoms with E-state index in [-0.39, 0.29) is 41.4 Å². The molecule has 0 unspecified atom stereocenters. The lowest BCUT2D eigenvalue weighted by molar-refractivity contribution is 0.666. The molecule has 0 amide bonds. The third-order valence-corrected chi connectivity index (χ3v) is 9.00. The molecule has 7 aromatic carbocycles. The summed E-state index contributed by atoms with van der Waals surface area (Å²) in [6.07, 6.45) is 0. The molecule has 0 saturated carbocycles. The number of furan rings is 1. The molecule has 0 radical (unpaired) electrons. The van der Waals surface area contributed by atoms with Gasteiger partial charge in [-0.3, -0.25) is 0 Å². The summed E-state index contributed by atoms with van der Waals surface area (Å²) < 4.78 is 54.4. The van der Waals surface area contributed by atoms with E-state index in [2.05, 4.69) is 18.2 Å². The molecule has 0 fully saturated rings. The number of benzene rings is 7. The molecule has 10 rings (SSSR count). The number of nitrogens with zero attached hydrogens (tertiary/aromatic N) is 3. The number of aromatic nitrogens is 3. The summed E-state index contributed by atoms with van der Waals surface area (Å²) in [6.45, 7) is 0. The monoisotopic (exact) mass is 618 g/mol. The van der Waals surface area contributed by atoms with Gasteiger partial charge in [0.2, 0.25) is 0 Å². The molecule has 0 bridgehead atoms. The van der Waals surface area contributed by atoms with Gasteiger partial charge in [0.25, 0.3) is 0 Å². The molecule has 0 aliphatic rings. The van der Waals surface area contributed by atoms with Gasteiger partial charge < -0.3 is 8.98 Å². The van der Waals surface area contributed by atoms with Crippen LogP contribution in [0.5, 0.6) is 0 Å². The normalized spacial score (nSPS) is 13.2. The molecule has 4 heteroatoms. The number of para-hydroxylation sites is 2. The minimum Gasteiger partial charge on any atom is -0.454 e. The van der Waals surface area contributed by atoms with Crippen LogP contribution in [-0.2, 0) is 0 Å². The molecule has 3 aromatic heterocycles. The molecule has 0 saturated heterocycles. The van der Waals surface area contributed by atoms with Gasteiger partial charge >= 0.3 is 0 Å². The Morgan fingerprint density at radius 1 is 0.500 bits per heavy atom. The van der Waals surface area contributed by atoms with Gasteiger partial charge in [-0.2, -0.15) is 0 Å². The van der Waals surface area contributed by atoms with Crippen LogP contribution in [0.3, 0.4) is 0 Å². The Bertz CT molecular complexity index is 3060. The third-order valence-electron chi connectivity index (χ3n) is 9.00. The zero-order chi connectivity index (χ0) is 36.0. The Labute approximate surface area is 283 Å². The Morgan fingerprint density at radius 2 is 1.19 bits per heavy atom. The van der Waals surface area contributed by atoms with Crippen LogP contribution in [0.1, 0.15) is 6.85 Å². The van der Waals surface area contributed by atoms with Crippen molar-refractivity contribution in [2.24, 2.45) is 0 Å². The highest BCUT2D eigenvalue weighted by Gasteiger charge is 2.19. The van der Waals surface area contributed by atoms with Crippen molar-refractivity contribution in [3.63, 3.8) is 0 Å². The quantitative estimate of drug-likeness (QED) is 0.197. The maximum Gasteiger partial charge on any atom is 0.160 e. The molecule has 0 atom stereocenters. The average Bonchev–Trinajstić information content (AvgIpc) is 3.74. The van der Waals surface area contributed by atoms with Crippen molar-refractivity contribution < 1.29 is 11.3 Å². The minimum absolute atomic E-state index is 0.0955. The van der Waals surface area contributed by atoms with Gasteiger partial charge in [-0.15, -0.1) is 0 Å². The van der Waals surface area contributed by atoms with Crippen LogP contribution in [0.25, 0.3) is 94.1 Å². The molecule has 0 N–H and O–H groups in total. The second-order valence-electron chi connectivity index (χ2n) is 11.8. The molecular weight excluding hydrogens is 587 g/mol. The van der Waals surface area contributed by atoms with Crippen molar-refractivity contribution in [1.29, 1.82) is 0 Å². The summed E-state index contributed by atoms with van der Waals surface area (Å²) in [5.41, 5.74) is 5.43. The number of rotatable bonds is 4. The second-order valence-corrected chi connectivity index (χ2v) is 11.8. The first-order chi connectivity index (χ1) is 25.9. The Morgan fingerprint density at radius 3 is 2.00 bits per heavy atom. The predicted octanol–water partition coefficient (Wildman–Crippen LogP) is 11.6. The molecule has 4 nitrogen and oxygen atoms in total. The van der Waals surface area contributed by atoms with E-state index in [1.807, 2.05) is 114 Å². The summed E-state index contributed by atoms with van der Waals surface area (Å²) in [5.74, 6) is 0.472. The van der Waals surface area contributed by atoms with Crippen LogP contribution in [0.4, 0.5) is 0 Å². The fourth-order valence-electron chi connectivity index (χ4n) is 6.73. The van der Waals surface area contributed by atoms with Crippen molar-refractivity contribution in [2.75, 3.05) is 0 Å². The van der Waals surface area contributed by atoms with E-state index in [9.17, 15) is 4.11 Å². The highest BCUT2D eigenvalue weighted by molar-refractivity contribution is 6.15. The Hall–Kier alpha value is -6.52. The van der Waals surface area contributed by atoms with Gasteiger partial charge in [-0.25, -0.2) is 9.97 Å². The average molecular weight is 619 g/mol. The molecule has 10 aromatic rings. The van der Waals surface area contributed by atoms with E-state index in [1.54, 1.807) is 6.07 Å². The van der Waals surface area contributed by atoms with E-state index in [0.29, 0.717) is 39.2 Å². The van der Waals surface area contributed by atoms with Crippen molar-refractivity contribution in [2.45, 2.75) is 0 Å². The smallest absolute Gasteiger partial charge is 0.160 e. The van der Waals surface area contributed by atoms with Gasteiger partial charge in [0.1, 0.15) is 5.58 Å². The van der Waals surface area contributed by atoms with Crippen LogP contribution in [0.15, 0.2) is 168 Å². The third kappa shape index (κ3) is 4.16. The topological polar surface area (TPSA) is 43.9 Å². The van der Waals surface area contributed by atoms with Gasteiger partial charge in [-0.05, 0) is 59.2 Å². The zero-order valence-corrected chi connectivity index (χ0v) is 25.5. The fraction of sp³-hybridized carbons (Fsp3) is 0. The summed E-state index contributed by atoms with van der Waals surface area (Å²) in [5, 5.41) is 4.76. The number of hydrogen-bond acceptors (Lipinski definition) is 3. The zero-order valence-electron chi connectivity index (χ0n) is 30.5. The SMILES string of the molecule is [2H]c1c(-c2cc(-c3ccccc3)nc(-c3ccccc3)n2)cc2c(oc3c(-n4c5ccccc5c5cc6ccccc6cc54)c([2H])c([2H])c([2H])c32)c1[2H]. The summed E-state index contributed by atoms with van der Waals surface area (Å²) in [7, 11) is 0. The van der Waals surface area contributed by atoms with Crippen molar-refractivity contribution in [1.82, 2.24) is 14.5 Å². The second kappa shape index (κ2) is 10.5. The maximum atomic E-state index is 9.28. The molecule has 0 aliphatic carbocycles. The van der Waals surface area contributed by atoms with E-state index in [1.165, 1.54) is 0 Å². The van der Waals surface area contributed by atoms with E-state index >= 15 is 0 Å². The molecule has 224 valence electrons. The summed E-state index contributed by atoms with van der Waals surface area (Å²) >= 11 is 0. The van der Waals surface area contributed by atoms with E-state index in [4.69, 9.17) is 17.1 Å². The summed E-state index contributed by atoms with van der Waals surface area (Å²) in [4.78, 5) is 9.80. The Balaban J connectivity index is 1.29. The van der Waals surface area contributed by atoms with Crippen LogP contribution >= 0.6 is 0 Å². The Kier molecular flexibility index (Phi) is 4.84. The minimum atomic E-state index is -0.260. The maximum absolute atomic E-state index is 9.28. The van der Waals surface area contributed by atoms with Gasteiger partial charge in [0, 0.05) is 38.2 Å². The largest absolute Gasteiger partial charge is 0.454 e. The summed E-state index contributed by atoms with van der Waals surface area (Å²) in [6, 6.07) is 42.3. The van der Waals surface area contributed by atoms with Gasteiger partial charge in [0.15, 0.2) is 11.4 Å². The first-order valence-corrected chi connectivity index (χ1v) is 15.8. The molecule has 48 heavy (non-hydrogen) atoms. The predicted molar refractivity (Wildman–Crippen MR) is 197 cm³/mol. The first kappa shape index (κ1) is 22.1. The molecule has 0 spiro atoms. The van der Waals surface area contributed by atoms with Crippen molar-refractivity contribution >= 4 is 54.5 Å². The lowest BCUT2D eigenvalue weighted by atomic mass is 10.0. The first-order valence-electron chi connectivity index (χ1n) is 18.3. The highest BCUT2D eigenvalue weighted by Crippen LogP contribution is 2.40. The van der Waals surface area contributed by atoms with Gasteiger partial charge in [-0.1, -0.05) is 115 Å². The standard InChI is InChI=1S/C44H27N3O/c1-3-12-28(13-4-1)37-27-38(46-44(45-37)29-14-5-2-6-15-29)32-22-23-42-36(25-32)34-19-11-21-40(43(34)48-42)47-39-20-10-9-18-33(39)35-24-30-16-7-8-17-31(30)26-41(35)47/h1-27H/i11D,19D,21D,22D,23D. The number of fused-ring (bicyclic) bond motifs is 7. The van der Waals surface area contributed by atoms with Crippen LogP contribution in [0, 0.1) is 0 Å². The fourth-order valence-corrected chi connectivity index (χ4v) is 6.73. The van der Waals surface area contributed by atoms with Crippen LogP contribution in [-0.4, -0.2) is 14.5 Å². The van der Waals surface area contributed by atoms with Gasteiger partial charge in [0.05, 0.1) is 35.0 Å². The molecule has 0 aliphatic heterocycles. The van der Waals surface area contributed by atoms with E-state index < -0.39 is 0 Å². The van der Waals surface area contributed by atoms with E-state index in [0.717, 1.165) is 43.7 Å². The number of hydrogen-bond donors (Lipinski definition) is 0. The van der Waals surface area contributed by atoms with Crippen molar-refractivity contribution in [3.8, 4) is 39.6 Å². The van der Waals surface area contributed by atoms with Crippen LogP contribution in [0.2, 0.25) is 0 Å². The lowest BCUT2D eigenvalue weighted by Gasteiger charge is -2.09.